The fourth-order valence-corrected chi connectivity index (χ4v) is 3.59. The molecule has 2 aliphatic heterocycles. The molecule has 2 aromatic rings. The first-order valence-electron chi connectivity index (χ1n) is 8.48. The number of non-ortho nitro benzene ring substituents is 1. The number of nitro groups is 1. The molecule has 1 saturated heterocycles. The lowest BCUT2D eigenvalue weighted by Crippen LogP contribution is -2.30. The van der Waals surface area contributed by atoms with Gasteiger partial charge >= 0.3 is 0 Å². The monoisotopic (exact) mass is 327 g/mol. The third kappa shape index (κ3) is 2.87. The van der Waals surface area contributed by atoms with Crippen molar-refractivity contribution < 1.29 is 4.92 Å². The summed E-state index contributed by atoms with van der Waals surface area (Å²) in [6, 6.07) is 7.29. The van der Waals surface area contributed by atoms with Crippen molar-refractivity contribution in [2.45, 2.75) is 31.8 Å². The van der Waals surface area contributed by atoms with E-state index in [0.717, 1.165) is 56.8 Å². The number of rotatable bonds is 3. The summed E-state index contributed by atoms with van der Waals surface area (Å²) >= 11 is 0. The van der Waals surface area contributed by atoms with E-state index < -0.39 is 0 Å². The van der Waals surface area contributed by atoms with Crippen molar-refractivity contribution in [2.75, 3.05) is 24.5 Å². The Morgan fingerprint density at radius 1 is 1.21 bits per heavy atom. The van der Waals surface area contributed by atoms with E-state index in [4.69, 9.17) is 5.10 Å². The van der Waals surface area contributed by atoms with Gasteiger partial charge in [-0.25, -0.2) is 0 Å². The molecule has 0 aliphatic carbocycles. The average molecular weight is 327 g/mol. The van der Waals surface area contributed by atoms with Crippen LogP contribution >= 0.6 is 0 Å². The van der Waals surface area contributed by atoms with Crippen LogP contribution in [-0.2, 0) is 13.0 Å². The lowest BCUT2D eigenvalue weighted by Gasteiger charge is -2.28. The second kappa shape index (κ2) is 6.24. The van der Waals surface area contributed by atoms with E-state index in [1.807, 2.05) is 12.1 Å². The lowest BCUT2D eigenvalue weighted by molar-refractivity contribution is -0.384. The molecule has 1 fully saturated rings. The van der Waals surface area contributed by atoms with E-state index >= 15 is 0 Å². The highest BCUT2D eigenvalue weighted by atomic mass is 16.6. The van der Waals surface area contributed by atoms with Gasteiger partial charge in [-0.1, -0.05) is 0 Å². The molecule has 0 amide bonds. The number of anilines is 1. The summed E-state index contributed by atoms with van der Waals surface area (Å²) in [5.74, 6) is 0. The van der Waals surface area contributed by atoms with E-state index in [9.17, 15) is 10.1 Å². The summed E-state index contributed by atoms with van der Waals surface area (Å²) in [4.78, 5) is 12.7. The first kappa shape index (κ1) is 15.1. The lowest BCUT2D eigenvalue weighted by atomic mass is 10.1. The Bertz CT molecular complexity index is 734. The Hall–Kier alpha value is -2.41. The molecular weight excluding hydrogens is 306 g/mol. The molecule has 1 aromatic carbocycles. The van der Waals surface area contributed by atoms with Crippen LogP contribution in [0.5, 0.6) is 0 Å². The molecule has 4 rings (SSSR count). The minimum absolute atomic E-state index is 0.131. The smallest absolute Gasteiger partial charge is 0.269 e. The topological polar surface area (TPSA) is 76.2 Å². The van der Waals surface area contributed by atoms with Crippen LogP contribution in [0.4, 0.5) is 11.4 Å². The van der Waals surface area contributed by atoms with Crippen LogP contribution in [0.3, 0.4) is 0 Å². The van der Waals surface area contributed by atoms with Gasteiger partial charge in [0.1, 0.15) is 0 Å². The molecule has 1 aromatic heterocycles. The summed E-state index contributed by atoms with van der Waals surface area (Å²) in [6.45, 7) is 3.81. The quantitative estimate of drug-likeness (QED) is 0.691. The predicted molar refractivity (Wildman–Crippen MR) is 91.2 cm³/mol. The number of hydrogen-bond donors (Lipinski definition) is 1. The maximum atomic E-state index is 10.8. The normalized spacial score (nSPS) is 18.4. The molecule has 0 bridgehead atoms. The first-order chi connectivity index (χ1) is 11.7. The molecule has 0 atom stereocenters. The largest absolute Gasteiger partial charge is 0.365 e. The van der Waals surface area contributed by atoms with E-state index in [1.54, 1.807) is 12.1 Å². The minimum Gasteiger partial charge on any atom is -0.365 e. The molecule has 3 heterocycles. The average Bonchev–Trinajstić information content (AvgIpc) is 3.06. The van der Waals surface area contributed by atoms with Gasteiger partial charge in [0.25, 0.3) is 5.69 Å². The van der Waals surface area contributed by atoms with Crippen LogP contribution in [0.1, 0.15) is 30.1 Å². The first-order valence-corrected chi connectivity index (χ1v) is 8.48. The Morgan fingerprint density at radius 2 is 1.96 bits per heavy atom. The van der Waals surface area contributed by atoms with Crippen molar-refractivity contribution in [3.8, 4) is 0 Å². The van der Waals surface area contributed by atoms with Gasteiger partial charge in [-0.3, -0.25) is 14.8 Å². The van der Waals surface area contributed by atoms with Crippen LogP contribution in [-0.4, -0.2) is 34.3 Å². The summed E-state index contributed by atoms with van der Waals surface area (Å²) in [5, 5.41) is 19.0. The molecule has 7 nitrogen and oxygen atoms in total. The second-order valence-corrected chi connectivity index (χ2v) is 6.51. The molecule has 0 saturated carbocycles. The number of piperidine rings is 1. The van der Waals surface area contributed by atoms with E-state index in [1.165, 1.54) is 5.56 Å². The fraction of sp³-hybridized carbons (Fsp3) is 0.471. The van der Waals surface area contributed by atoms with Gasteiger partial charge in [0, 0.05) is 30.6 Å². The van der Waals surface area contributed by atoms with Crippen LogP contribution in [0.2, 0.25) is 0 Å². The second-order valence-electron chi connectivity index (χ2n) is 6.51. The number of hydrogen-bond acceptors (Lipinski definition) is 5. The maximum absolute atomic E-state index is 10.8. The molecule has 1 N–H and O–H groups in total. The van der Waals surface area contributed by atoms with Gasteiger partial charge in [-0.2, -0.15) is 5.10 Å². The predicted octanol–water partition coefficient (Wildman–Crippen LogP) is 2.28. The third-order valence-corrected chi connectivity index (χ3v) is 5.00. The van der Waals surface area contributed by atoms with Gasteiger partial charge in [0.05, 0.1) is 23.2 Å². The molecule has 0 radical (unpaired) electrons. The molecular formula is C17H21N5O2. The summed E-state index contributed by atoms with van der Waals surface area (Å²) in [6.07, 6.45) is 5.45. The van der Waals surface area contributed by atoms with E-state index in [-0.39, 0.29) is 10.6 Å². The van der Waals surface area contributed by atoms with Crippen LogP contribution in [0.25, 0.3) is 0 Å². The van der Waals surface area contributed by atoms with Gasteiger partial charge < -0.3 is 10.2 Å². The Morgan fingerprint density at radius 3 is 2.67 bits per heavy atom. The third-order valence-electron chi connectivity index (χ3n) is 5.00. The maximum Gasteiger partial charge on any atom is 0.269 e. The number of nitrogens with one attached hydrogen (secondary N) is 1. The van der Waals surface area contributed by atoms with Crippen molar-refractivity contribution in [3.05, 3.63) is 51.8 Å². The minimum atomic E-state index is -0.362. The zero-order valence-electron chi connectivity index (χ0n) is 13.5. The summed E-state index contributed by atoms with van der Waals surface area (Å²) in [5.41, 5.74) is 3.62. The molecule has 0 unspecified atom stereocenters. The molecule has 126 valence electrons. The Labute approximate surface area is 140 Å². The number of fused-ring (bicyclic) bond motifs is 1. The molecule has 2 aliphatic rings. The number of aromatic nitrogens is 2. The highest BCUT2D eigenvalue weighted by Crippen LogP contribution is 2.27. The van der Waals surface area contributed by atoms with Crippen LogP contribution in [0, 0.1) is 10.1 Å². The molecule has 24 heavy (non-hydrogen) atoms. The number of benzene rings is 1. The Kier molecular flexibility index (Phi) is 3.93. The zero-order valence-corrected chi connectivity index (χ0v) is 13.5. The number of nitrogens with zero attached hydrogens (tertiary/aromatic N) is 4. The highest BCUT2D eigenvalue weighted by Gasteiger charge is 2.23. The summed E-state index contributed by atoms with van der Waals surface area (Å²) in [7, 11) is 0. The van der Waals surface area contributed by atoms with Crippen molar-refractivity contribution in [1.82, 2.24) is 15.1 Å². The Balaban J connectivity index is 1.50. The van der Waals surface area contributed by atoms with Crippen molar-refractivity contribution in [2.24, 2.45) is 0 Å². The van der Waals surface area contributed by atoms with Gasteiger partial charge in [0.15, 0.2) is 0 Å². The SMILES string of the molecule is O=[N+]([O-])c1ccc(N2CCc3cn(C4CCNCC4)nc3C2)cc1. The van der Waals surface area contributed by atoms with Crippen LogP contribution < -0.4 is 10.2 Å². The summed E-state index contributed by atoms with van der Waals surface area (Å²) < 4.78 is 2.16. The highest BCUT2D eigenvalue weighted by molar-refractivity contribution is 5.52. The van der Waals surface area contributed by atoms with Crippen molar-refractivity contribution in [1.29, 1.82) is 0 Å². The molecule has 0 spiro atoms. The molecule has 7 heteroatoms. The zero-order chi connectivity index (χ0) is 16.5. The number of nitro benzene ring substituents is 1. The van der Waals surface area contributed by atoms with Gasteiger partial charge in [-0.05, 0) is 50.0 Å². The van der Waals surface area contributed by atoms with Gasteiger partial charge in [0.2, 0.25) is 0 Å². The fourth-order valence-electron chi connectivity index (χ4n) is 3.59. The van der Waals surface area contributed by atoms with Crippen molar-refractivity contribution >= 4 is 11.4 Å². The van der Waals surface area contributed by atoms with Crippen molar-refractivity contribution in [3.63, 3.8) is 0 Å². The van der Waals surface area contributed by atoms with E-state index in [2.05, 4.69) is 21.1 Å². The standard InChI is InChI=1S/C17H21N5O2/c23-22(24)16-3-1-14(2-4-16)20-10-7-13-11-21(19-17(13)12-20)15-5-8-18-9-6-15/h1-4,11,15,18H,5-10,12H2. The van der Waals surface area contributed by atoms with E-state index in [0.29, 0.717) is 6.04 Å². The van der Waals surface area contributed by atoms with Gasteiger partial charge in [-0.15, -0.1) is 0 Å². The van der Waals surface area contributed by atoms with Crippen LogP contribution in [0.15, 0.2) is 30.5 Å².